The number of thioether (sulfide) groups is 1. The molecule has 140 valence electrons. The highest BCUT2D eigenvalue weighted by atomic mass is 35.5. The summed E-state index contributed by atoms with van der Waals surface area (Å²) in [6.45, 7) is 5.65. The van der Waals surface area contributed by atoms with E-state index in [1.807, 2.05) is 42.7 Å². The molecule has 3 aromatic rings. The molecule has 3 rings (SSSR count). The van der Waals surface area contributed by atoms with Gasteiger partial charge in [-0.1, -0.05) is 41.1 Å². The molecular formula is C19H18ClFN4OS. The van der Waals surface area contributed by atoms with Crippen molar-refractivity contribution in [2.45, 2.75) is 31.2 Å². The van der Waals surface area contributed by atoms with E-state index in [0.29, 0.717) is 10.8 Å². The number of benzene rings is 2. The Kier molecular flexibility index (Phi) is 5.82. The Morgan fingerprint density at radius 2 is 1.89 bits per heavy atom. The molecule has 0 spiro atoms. The Bertz CT molecular complexity index is 974. The van der Waals surface area contributed by atoms with Crippen LogP contribution in [0.3, 0.4) is 0 Å². The van der Waals surface area contributed by atoms with E-state index in [9.17, 15) is 9.18 Å². The van der Waals surface area contributed by atoms with Crippen molar-refractivity contribution in [1.82, 2.24) is 14.8 Å². The monoisotopic (exact) mass is 404 g/mol. The van der Waals surface area contributed by atoms with E-state index in [-0.39, 0.29) is 10.9 Å². The number of aryl methyl sites for hydroxylation is 2. The molecule has 1 N–H and O–H groups in total. The lowest BCUT2D eigenvalue weighted by atomic mass is 10.2. The first-order valence-corrected chi connectivity index (χ1v) is 9.52. The Hall–Kier alpha value is -2.38. The molecule has 5 nitrogen and oxygen atoms in total. The number of nitrogens with zero attached hydrogens (tertiary/aromatic N) is 3. The molecule has 1 unspecified atom stereocenters. The highest BCUT2D eigenvalue weighted by molar-refractivity contribution is 8.00. The highest BCUT2D eigenvalue weighted by Gasteiger charge is 2.20. The zero-order valence-electron chi connectivity index (χ0n) is 15.0. The predicted octanol–water partition coefficient (Wildman–Crippen LogP) is 4.80. The van der Waals surface area contributed by atoms with Gasteiger partial charge in [-0.3, -0.25) is 9.36 Å². The highest BCUT2D eigenvalue weighted by Crippen LogP contribution is 2.28. The van der Waals surface area contributed by atoms with Crippen molar-refractivity contribution in [3.8, 4) is 5.69 Å². The fourth-order valence-corrected chi connectivity index (χ4v) is 3.57. The summed E-state index contributed by atoms with van der Waals surface area (Å²) in [6, 6.07) is 11.8. The van der Waals surface area contributed by atoms with E-state index in [2.05, 4.69) is 15.5 Å². The maximum Gasteiger partial charge on any atom is 0.237 e. The predicted molar refractivity (Wildman–Crippen MR) is 106 cm³/mol. The third-order valence-electron chi connectivity index (χ3n) is 3.93. The number of nitrogens with one attached hydrogen (secondary N) is 1. The van der Waals surface area contributed by atoms with Gasteiger partial charge in [-0.15, -0.1) is 10.2 Å². The second kappa shape index (κ2) is 8.10. The second-order valence-electron chi connectivity index (χ2n) is 6.07. The van der Waals surface area contributed by atoms with Crippen LogP contribution in [0.4, 0.5) is 10.1 Å². The normalized spacial score (nSPS) is 12.0. The van der Waals surface area contributed by atoms with Crippen molar-refractivity contribution >= 4 is 35.0 Å². The molecule has 1 amide bonds. The minimum Gasteiger partial charge on any atom is -0.324 e. The van der Waals surface area contributed by atoms with E-state index in [0.717, 1.165) is 23.1 Å². The molecule has 27 heavy (non-hydrogen) atoms. The first kappa shape index (κ1) is 19.4. The van der Waals surface area contributed by atoms with Crippen molar-refractivity contribution in [3.63, 3.8) is 0 Å². The van der Waals surface area contributed by atoms with E-state index in [1.54, 1.807) is 6.92 Å². The molecule has 8 heteroatoms. The smallest absolute Gasteiger partial charge is 0.237 e. The summed E-state index contributed by atoms with van der Waals surface area (Å²) in [5.41, 5.74) is 2.45. The molecule has 0 aliphatic rings. The zero-order chi connectivity index (χ0) is 19.6. The third-order valence-corrected chi connectivity index (χ3v) is 5.28. The SMILES string of the molecule is Cc1ccc(-n2c(C)nnc2SC(C)C(=O)Nc2ccc(F)cc2Cl)cc1. The molecule has 0 aliphatic carbocycles. The van der Waals surface area contributed by atoms with E-state index < -0.39 is 11.1 Å². The van der Waals surface area contributed by atoms with Gasteiger partial charge in [-0.2, -0.15) is 0 Å². The number of aromatic nitrogens is 3. The summed E-state index contributed by atoms with van der Waals surface area (Å²) in [5, 5.41) is 11.3. The lowest BCUT2D eigenvalue weighted by Crippen LogP contribution is -2.23. The van der Waals surface area contributed by atoms with E-state index in [4.69, 9.17) is 11.6 Å². The van der Waals surface area contributed by atoms with Gasteiger partial charge in [0.2, 0.25) is 5.91 Å². The van der Waals surface area contributed by atoms with Crippen LogP contribution in [0.15, 0.2) is 47.6 Å². The van der Waals surface area contributed by atoms with Gasteiger partial charge in [-0.25, -0.2) is 4.39 Å². The summed E-state index contributed by atoms with van der Waals surface area (Å²) < 4.78 is 15.0. The van der Waals surface area contributed by atoms with E-state index in [1.165, 1.54) is 23.9 Å². The zero-order valence-corrected chi connectivity index (χ0v) is 16.6. The molecule has 1 heterocycles. The van der Waals surface area contributed by atoms with Gasteiger partial charge in [0.05, 0.1) is 16.0 Å². The Morgan fingerprint density at radius 3 is 2.56 bits per heavy atom. The average molecular weight is 405 g/mol. The molecule has 0 saturated carbocycles. The molecule has 0 fully saturated rings. The van der Waals surface area contributed by atoms with Crippen molar-refractivity contribution in [1.29, 1.82) is 0 Å². The van der Waals surface area contributed by atoms with Gasteiger partial charge >= 0.3 is 0 Å². The average Bonchev–Trinajstić information content (AvgIpc) is 2.98. The van der Waals surface area contributed by atoms with Crippen LogP contribution in [0.5, 0.6) is 0 Å². The number of hydrogen-bond donors (Lipinski definition) is 1. The minimum atomic E-state index is -0.459. The van der Waals surface area contributed by atoms with Crippen molar-refractivity contribution in [3.05, 3.63) is 64.7 Å². The maximum atomic E-state index is 13.1. The minimum absolute atomic E-state index is 0.152. The Morgan fingerprint density at radius 1 is 1.19 bits per heavy atom. The third kappa shape index (κ3) is 4.48. The molecule has 1 aromatic heterocycles. The Balaban J connectivity index is 1.77. The fourth-order valence-electron chi connectivity index (χ4n) is 2.45. The molecule has 0 radical (unpaired) electrons. The second-order valence-corrected chi connectivity index (χ2v) is 7.79. The van der Waals surface area contributed by atoms with Gasteiger partial charge < -0.3 is 5.32 Å². The number of amides is 1. The molecule has 1 atom stereocenters. The topological polar surface area (TPSA) is 59.8 Å². The fraction of sp³-hybridized carbons (Fsp3) is 0.211. The van der Waals surface area contributed by atoms with Crippen LogP contribution in [-0.4, -0.2) is 25.9 Å². The van der Waals surface area contributed by atoms with Crippen molar-refractivity contribution in [2.75, 3.05) is 5.32 Å². The van der Waals surface area contributed by atoms with Gasteiger partial charge in [-0.05, 0) is 51.1 Å². The van der Waals surface area contributed by atoms with Crippen molar-refractivity contribution in [2.24, 2.45) is 0 Å². The quantitative estimate of drug-likeness (QED) is 0.621. The Labute approximate surface area is 166 Å². The maximum absolute atomic E-state index is 13.1. The number of anilines is 1. The summed E-state index contributed by atoms with van der Waals surface area (Å²) in [7, 11) is 0. The summed E-state index contributed by atoms with van der Waals surface area (Å²) >= 11 is 7.26. The molecular weight excluding hydrogens is 387 g/mol. The molecule has 0 aliphatic heterocycles. The van der Waals surface area contributed by atoms with Gasteiger partial charge in [0.1, 0.15) is 11.6 Å². The number of carbonyl (C=O) groups excluding carboxylic acids is 1. The van der Waals surface area contributed by atoms with Crippen LogP contribution in [0.2, 0.25) is 5.02 Å². The first-order valence-electron chi connectivity index (χ1n) is 8.27. The molecule has 0 bridgehead atoms. The van der Waals surface area contributed by atoms with E-state index >= 15 is 0 Å². The van der Waals surface area contributed by atoms with Crippen molar-refractivity contribution < 1.29 is 9.18 Å². The number of halogens is 2. The number of carbonyl (C=O) groups is 1. The molecule has 2 aromatic carbocycles. The lowest BCUT2D eigenvalue weighted by Gasteiger charge is -2.14. The van der Waals surface area contributed by atoms with Crippen LogP contribution in [-0.2, 0) is 4.79 Å². The standard InChI is InChI=1S/C19H18ClFN4OS/c1-11-4-7-15(8-5-11)25-13(3)23-24-19(25)27-12(2)18(26)22-17-9-6-14(21)10-16(17)20/h4-10,12H,1-3H3,(H,22,26). The van der Waals surface area contributed by atoms with Gasteiger partial charge in [0, 0.05) is 5.69 Å². The number of hydrogen-bond acceptors (Lipinski definition) is 4. The van der Waals surface area contributed by atoms with Crippen LogP contribution >= 0.6 is 23.4 Å². The van der Waals surface area contributed by atoms with Crippen LogP contribution in [0, 0.1) is 19.7 Å². The van der Waals surface area contributed by atoms with Crippen LogP contribution < -0.4 is 5.32 Å². The largest absolute Gasteiger partial charge is 0.324 e. The van der Waals surface area contributed by atoms with Gasteiger partial charge in [0.15, 0.2) is 5.16 Å². The summed E-state index contributed by atoms with van der Waals surface area (Å²) in [6.07, 6.45) is 0. The first-order chi connectivity index (χ1) is 12.8. The summed E-state index contributed by atoms with van der Waals surface area (Å²) in [4.78, 5) is 12.5. The van der Waals surface area contributed by atoms with Crippen LogP contribution in [0.25, 0.3) is 5.69 Å². The summed E-state index contributed by atoms with van der Waals surface area (Å²) in [5.74, 6) is 0.0160. The van der Waals surface area contributed by atoms with Crippen LogP contribution in [0.1, 0.15) is 18.3 Å². The number of rotatable bonds is 5. The lowest BCUT2D eigenvalue weighted by molar-refractivity contribution is -0.115. The van der Waals surface area contributed by atoms with Gasteiger partial charge in [0.25, 0.3) is 0 Å². The molecule has 0 saturated heterocycles.